The quantitative estimate of drug-likeness (QED) is 0.155. The van der Waals surface area contributed by atoms with Crippen molar-refractivity contribution in [1.29, 1.82) is 0 Å². The van der Waals surface area contributed by atoms with Crippen LogP contribution in [0.3, 0.4) is 0 Å². The summed E-state index contributed by atoms with van der Waals surface area (Å²) in [6.07, 6.45) is 4.31. The van der Waals surface area contributed by atoms with Crippen LogP contribution >= 0.6 is 0 Å². The van der Waals surface area contributed by atoms with Gasteiger partial charge in [-0.05, 0) is 141 Å². The lowest BCUT2D eigenvalue weighted by molar-refractivity contribution is 0.497. The maximum Gasteiger partial charge on any atom is 0.297 e. The summed E-state index contributed by atoms with van der Waals surface area (Å²) in [7, 11) is 0. The molecular formula is C62H62BN3O. The van der Waals surface area contributed by atoms with Crippen LogP contribution in [0.5, 0.6) is 0 Å². The molecule has 7 aromatic carbocycles. The minimum absolute atomic E-state index is 0.0209. The summed E-state index contributed by atoms with van der Waals surface area (Å²) < 4.78 is 7.31. The third kappa shape index (κ3) is 7.39. The summed E-state index contributed by atoms with van der Waals surface area (Å²) in [5, 5.41) is 0. The first-order valence-corrected chi connectivity index (χ1v) is 24.4. The number of benzene rings is 7. The van der Waals surface area contributed by atoms with E-state index in [9.17, 15) is 0 Å². The molecule has 0 atom stereocenters. The highest BCUT2D eigenvalue weighted by atomic mass is 16.3. The van der Waals surface area contributed by atoms with Crippen LogP contribution in [0, 0.1) is 0 Å². The Kier molecular flexibility index (Phi) is 10.2. The Bertz CT molecular complexity index is 3130. The van der Waals surface area contributed by atoms with Crippen molar-refractivity contribution in [2.24, 2.45) is 0 Å². The van der Waals surface area contributed by atoms with Crippen LogP contribution in [0.4, 0.5) is 51.2 Å². The van der Waals surface area contributed by atoms with Crippen molar-refractivity contribution in [3.8, 4) is 11.1 Å². The third-order valence-corrected chi connectivity index (χ3v) is 14.5. The van der Waals surface area contributed by atoms with E-state index >= 15 is 0 Å². The van der Waals surface area contributed by atoms with Crippen molar-refractivity contribution in [3.05, 3.63) is 192 Å². The van der Waals surface area contributed by atoms with E-state index in [0.29, 0.717) is 0 Å². The van der Waals surface area contributed by atoms with Gasteiger partial charge in [-0.3, -0.25) is 0 Å². The number of fused-ring (bicyclic) bond motifs is 6. The second-order valence-corrected chi connectivity index (χ2v) is 22.1. The third-order valence-electron chi connectivity index (χ3n) is 14.5. The number of hydrogen-bond donors (Lipinski definition) is 0. The molecule has 0 saturated heterocycles. The fourth-order valence-corrected chi connectivity index (χ4v) is 10.8. The number of aryl methyl sites for hydroxylation is 1. The molecule has 0 saturated carbocycles. The first kappa shape index (κ1) is 42.9. The Balaban J connectivity index is 1.21. The number of hydrogen-bond acceptors (Lipinski definition) is 4. The second kappa shape index (κ2) is 16.0. The molecule has 5 heteroatoms. The largest absolute Gasteiger partial charge is 0.473 e. The van der Waals surface area contributed by atoms with Crippen LogP contribution in [0.1, 0.15) is 103 Å². The molecule has 0 unspecified atom stereocenters. The molecule has 334 valence electrons. The molecule has 3 heterocycles. The van der Waals surface area contributed by atoms with E-state index in [0.717, 1.165) is 64.8 Å². The van der Waals surface area contributed by atoms with E-state index in [4.69, 9.17) is 4.42 Å². The SMILES string of the molecule is CC(C)(C)c1ccc(N(c2ccc3c(c2)N(c2ccccc2)c2cc(C(C)(C)C)cc4c2B3c2oc3c(c2N4c2ccccc2)CCCC3)c2ccc(C(C)(C)C)cc2-c2ccccc2)cc1. The van der Waals surface area contributed by atoms with Gasteiger partial charge in [-0.15, -0.1) is 0 Å². The molecule has 11 rings (SSSR count). The van der Waals surface area contributed by atoms with E-state index in [1.165, 1.54) is 67.8 Å². The zero-order valence-corrected chi connectivity index (χ0v) is 40.7. The predicted molar refractivity (Wildman–Crippen MR) is 286 cm³/mol. The maximum absolute atomic E-state index is 7.31. The maximum atomic E-state index is 7.31. The Hall–Kier alpha value is -6.72. The Morgan fingerprint density at radius 2 is 1.04 bits per heavy atom. The molecule has 1 aromatic heterocycles. The average Bonchev–Trinajstić information content (AvgIpc) is 3.71. The predicted octanol–water partition coefficient (Wildman–Crippen LogP) is 15.3. The highest BCUT2D eigenvalue weighted by molar-refractivity contribution is 6.99. The monoisotopic (exact) mass is 875 g/mol. The fraction of sp³-hybridized carbons (Fsp3) is 0.258. The number of anilines is 9. The van der Waals surface area contributed by atoms with Gasteiger partial charge in [0.25, 0.3) is 6.71 Å². The molecule has 3 aliphatic rings. The van der Waals surface area contributed by atoms with E-state index < -0.39 is 0 Å². The van der Waals surface area contributed by atoms with E-state index in [-0.39, 0.29) is 23.0 Å². The molecular weight excluding hydrogens is 814 g/mol. The zero-order valence-electron chi connectivity index (χ0n) is 40.7. The Morgan fingerprint density at radius 3 is 1.67 bits per heavy atom. The summed E-state index contributed by atoms with van der Waals surface area (Å²) >= 11 is 0. The minimum atomic E-state index is -0.118. The topological polar surface area (TPSA) is 22.9 Å². The van der Waals surface area contributed by atoms with E-state index in [1.807, 2.05) is 0 Å². The summed E-state index contributed by atoms with van der Waals surface area (Å²) in [6, 6.07) is 61.5. The normalized spacial score (nSPS) is 14.3. The first-order chi connectivity index (χ1) is 32.1. The molecule has 1 aliphatic carbocycles. The standard InChI is InChI=1S/C62H62BN3O/c1-60(2,3)42-29-32-47(33-30-42)64(52-36-31-43(61(4,5)6)37-50(52)41-21-13-10-14-22-41)48-34-35-51-53(40-48)65(45-23-15-11-16-24-45)54-38-44(62(7,8)9)39-55-57(54)63(51)59-58(49-27-19-20-28-56(49)67-59)66(55)46-25-17-12-18-26-46/h10-18,21-26,29-40H,19-20,27-28H2,1-9H3. The molecule has 0 spiro atoms. The Labute approximate surface area is 399 Å². The van der Waals surface area contributed by atoms with Crippen LogP contribution in [0.25, 0.3) is 11.1 Å². The van der Waals surface area contributed by atoms with Gasteiger partial charge in [-0.25, -0.2) is 0 Å². The molecule has 0 radical (unpaired) electrons. The lowest BCUT2D eigenvalue weighted by atomic mass is 9.35. The number of nitrogens with zero attached hydrogens (tertiary/aromatic N) is 3. The van der Waals surface area contributed by atoms with Crippen LogP contribution < -0.4 is 31.3 Å². The van der Waals surface area contributed by atoms with Gasteiger partial charge in [0, 0.05) is 57.4 Å². The summed E-state index contributed by atoms with van der Waals surface area (Å²) in [5.41, 5.74) is 21.7. The second-order valence-electron chi connectivity index (χ2n) is 22.1. The van der Waals surface area contributed by atoms with Crippen molar-refractivity contribution < 1.29 is 4.42 Å². The zero-order chi connectivity index (χ0) is 46.4. The fourth-order valence-electron chi connectivity index (χ4n) is 10.8. The van der Waals surface area contributed by atoms with Crippen LogP contribution in [-0.2, 0) is 29.1 Å². The van der Waals surface area contributed by atoms with Crippen LogP contribution in [-0.4, -0.2) is 6.71 Å². The van der Waals surface area contributed by atoms with Crippen molar-refractivity contribution in [2.75, 3.05) is 14.7 Å². The summed E-state index contributed by atoms with van der Waals surface area (Å²) in [4.78, 5) is 7.58. The summed E-state index contributed by atoms with van der Waals surface area (Å²) in [5.74, 6) is 1.16. The van der Waals surface area contributed by atoms with Gasteiger partial charge in [-0.2, -0.15) is 0 Å². The molecule has 4 nitrogen and oxygen atoms in total. The average molecular weight is 876 g/mol. The lowest BCUT2D eigenvalue weighted by Crippen LogP contribution is -2.61. The molecule has 2 aliphatic heterocycles. The van der Waals surface area contributed by atoms with Gasteiger partial charge < -0.3 is 19.1 Å². The van der Waals surface area contributed by atoms with Crippen LogP contribution in [0.2, 0.25) is 0 Å². The highest BCUT2D eigenvalue weighted by Gasteiger charge is 2.48. The van der Waals surface area contributed by atoms with Gasteiger partial charge >= 0.3 is 0 Å². The van der Waals surface area contributed by atoms with Gasteiger partial charge in [0.2, 0.25) is 0 Å². The summed E-state index contributed by atoms with van der Waals surface area (Å²) in [6.45, 7) is 20.7. The van der Waals surface area contributed by atoms with Gasteiger partial charge in [0.05, 0.1) is 17.0 Å². The van der Waals surface area contributed by atoms with Crippen molar-refractivity contribution in [1.82, 2.24) is 0 Å². The van der Waals surface area contributed by atoms with Gasteiger partial charge in [0.15, 0.2) is 0 Å². The Morgan fingerprint density at radius 1 is 0.493 bits per heavy atom. The van der Waals surface area contributed by atoms with E-state index in [1.54, 1.807) is 0 Å². The molecule has 0 N–H and O–H groups in total. The number of furan rings is 1. The first-order valence-electron chi connectivity index (χ1n) is 24.4. The smallest absolute Gasteiger partial charge is 0.297 e. The molecule has 8 aromatic rings. The van der Waals surface area contributed by atoms with Crippen LogP contribution in [0.15, 0.2) is 168 Å². The van der Waals surface area contributed by atoms with E-state index in [2.05, 4.69) is 241 Å². The molecule has 0 fully saturated rings. The van der Waals surface area contributed by atoms with Crippen molar-refractivity contribution in [2.45, 2.75) is 104 Å². The lowest BCUT2D eigenvalue weighted by Gasteiger charge is -2.44. The molecule has 0 amide bonds. The van der Waals surface area contributed by atoms with Gasteiger partial charge in [-0.1, -0.05) is 153 Å². The van der Waals surface area contributed by atoms with Gasteiger partial charge in [0.1, 0.15) is 5.76 Å². The van der Waals surface area contributed by atoms with Crippen molar-refractivity contribution >= 4 is 74.5 Å². The molecule has 0 bridgehead atoms. The van der Waals surface area contributed by atoms with Crippen molar-refractivity contribution in [3.63, 3.8) is 0 Å². The minimum Gasteiger partial charge on any atom is -0.473 e. The highest BCUT2D eigenvalue weighted by Crippen LogP contribution is 2.50. The molecule has 67 heavy (non-hydrogen) atoms. The number of rotatable bonds is 6. The number of para-hydroxylation sites is 2.